The molecular weight excluding hydrogens is 772 g/mol. The Morgan fingerprint density at radius 1 is 0.633 bits per heavy atom. The predicted octanol–water partition coefficient (Wildman–Crippen LogP) is 9.10. The van der Waals surface area contributed by atoms with E-state index >= 15 is 0 Å². The highest BCUT2D eigenvalue weighted by Gasteiger charge is 2.33. The first-order valence-electron chi connectivity index (χ1n) is 19.7. The lowest BCUT2D eigenvalue weighted by atomic mass is 9.89. The van der Waals surface area contributed by atoms with Crippen molar-refractivity contribution in [3.05, 3.63) is 151 Å². The van der Waals surface area contributed by atoms with Gasteiger partial charge < -0.3 is 15.3 Å². The van der Waals surface area contributed by atoms with Crippen molar-refractivity contribution < 1.29 is 14.7 Å². The number of carboxylic acids is 1. The Bertz CT molecular complexity index is 2600. The maximum absolute atomic E-state index is 13.2. The summed E-state index contributed by atoms with van der Waals surface area (Å²) in [6.45, 7) is 19.4. The zero-order valence-corrected chi connectivity index (χ0v) is 36.1. The number of hydrogen-bond donors (Lipinski definition) is 4. The average molecular weight is 823 g/mol. The van der Waals surface area contributed by atoms with Gasteiger partial charge in [-0.25, -0.2) is 4.79 Å². The molecule has 12 heteroatoms. The lowest BCUT2D eigenvalue weighted by molar-refractivity contribution is 0.0601. The van der Waals surface area contributed by atoms with Crippen LogP contribution in [0.1, 0.15) is 99.6 Å². The number of nitrogens with one attached hydrogen (secondary N) is 3. The number of benzene rings is 4. The average Bonchev–Trinajstić information content (AvgIpc) is 3.69. The Labute approximate surface area is 357 Å². The summed E-state index contributed by atoms with van der Waals surface area (Å²) in [5.41, 5.74) is 16.7. The summed E-state index contributed by atoms with van der Waals surface area (Å²) in [5.74, 6) is 0.156. The lowest BCUT2D eigenvalue weighted by Gasteiger charge is -2.40. The Morgan fingerprint density at radius 3 is 1.42 bits per heavy atom. The first kappa shape index (κ1) is 44.6. The molecule has 4 aromatic carbocycles. The van der Waals surface area contributed by atoms with Crippen molar-refractivity contribution in [2.24, 2.45) is 0 Å². The second-order valence-electron chi connectivity index (χ2n) is 15.6. The van der Waals surface area contributed by atoms with E-state index in [1.807, 2.05) is 114 Å². The van der Waals surface area contributed by atoms with Crippen molar-refractivity contribution >= 4 is 24.3 Å². The predicted molar refractivity (Wildman–Crippen MR) is 237 cm³/mol. The van der Waals surface area contributed by atoms with Crippen molar-refractivity contribution in [3.8, 4) is 34.7 Å². The summed E-state index contributed by atoms with van der Waals surface area (Å²) < 4.78 is 0. The summed E-state index contributed by atoms with van der Waals surface area (Å²) >= 11 is 0. The number of carboxylic acid groups (broad SMARTS) is 1. The fourth-order valence-electron chi connectivity index (χ4n) is 7.38. The number of nitriles is 2. The number of amides is 1. The summed E-state index contributed by atoms with van der Waals surface area (Å²) in [6.07, 6.45) is 0. The van der Waals surface area contributed by atoms with Gasteiger partial charge in [0.15, 0.2) is 0 Å². The highest BCUT2D eigenvalue weighted by atomic mass is 35.5. The number of carbonyl (C=O) groups is 2. The number of aromatic amines is 2. The van der Waals surface area contributed by atoms with E-state index < -0.39 is 5.97 Å². The second-order valence-corrected chi connectivity index (χ2v) is 15.6. The Hall–Kier alpha value is -6.53. The van der Waals surface area contributed by atoms with Crippen molar-refractivity contribution in [1.29, 1.82) is 10.5 Å². The molecule has 4 heterocycles. The van der Waals surface area contributed by atoms with Crippen LogP contribution in [-0.4, -0.2) is 68.5 Å². The third kappa shape index (κ3) is 9.50. The van der Waals surface area contributed by atoms with Gasteiger partial charge in [0.25, 0.3) is 5.91 Å². The van der Waals surface area contributed by atoms with Gasteiger partial charge in [-0.1, -0.05) is 36.4 Å². The number of aromatic carboxylic acids is 1. The van der Waals surface area contributed by atoms with E-state index in [2.05, 4.69) is 50.8 Å². The van der Waals surface area contributed by atoms with Crippen LogP contribution in [0.3, 0.4) is 0 Å². The van der Waals surface area contributed by atoms with Crippen LogP contribution >= 0.6 is 12.4 Å². The number of nitrogens with zero attached hydrogens (tertiary/aromatic N) is 5. The smallest absolute Gasteiger partial charge is 0.335 e. The van der Waals surface area contributed by atoms with E-state index in [0.717, 1.165) is 91.5 Å². The first-order chi connectivity index (χ1) is 28.2. The van der Waals surface area contributed by atoms with Gasteiger partial charge in [-0.3, -0.25) is 15.0 Å². The van der Waals surface area contributed by atoms with Crippen LogP contribution < -0.4 is 5.32 Å². The SMILES string of the molecule is Cc1cc(C)c(-c2n[nH]c(C)c2C)cc1C(=O)N1CC(c2ccc(C#N)cc2)C1.Cc1cc(C)c(-c2n[nH]c(C)c2C)cc1C(=O)O.Cl.N#Cc1ccc(C2CNC2)cc1. The highest BCUT2D eigenvalue weighted by molar-refractivity contribution is 5.98. The molecule has 2 aliphatic rings. The molecule has 0 aliphatic carbocycles. The molecule has 2 aliphatic heterocycles. The Kier molecular flexibility index (Phi) is 14.1. The second kappa shape index (κ2) is 19.0. The van der Waals surface area contributed by atoms with Gasteiger partial charge in [0.1, 0.15) is 0 Å². The molecular formula is C48H51ClN8O3. The molecule has 0 saturated carbocycles. The molecule has 4 N–H and O–H groups in total. The zero-order chi connectivity index (χ0) is 42.5. The van der Waals surface area contributed by atoms with E-state index in [9.17, 15) is 14.7 Å². The molecule has 0 spiro atoms. The molecule has 2 aromatic heterocycles. The molecule has 2 fully saturated rings. The quantitative estimate of drug-likeness (QED) is 0.129. The van der Waals surface area contributed by atoms with Crippen LogP contribution in [0, 0.1) is 78.1 Å². The number of halogens is 1. The molecule has 6 aromatic rings. The molecule has 0 atom stereocenters. The van der Waals surface area contributed by atoms with E-state index in [1.165, 1.54) is 11.1 Å². The van der Waals surface area contributed by atoms with Crippen molar-refractivity contribution in [2.45, 2.75) is 67.2 Å². The number of likely N-dealkylation sites (tertiary alicyclic amines) is 1. The normalized spacial score (nSPS) is 13.2. The van der Waals surface area contributed by atoms with Crippen LogP contribution in [0.5, 0.6) is 0 Å². The molecule has 8 rings (SSSR count). The standard InChI is InChI=1S/C24H24N4O.C14H16N2O2.C10H10N2.ClH/c1-14-9-15(2)22(10-21(14)23-16(3)17(4)26-27-23)24(29)28-12-20(13-28)19-7-5-18(11-25)6-8-19;1-7-5-8(2)12(14(17)18)6-11(7)13-9(3)10(4)15-16-13;11-5-8-1-3-9(4-2-8)10-6-12-7-10;/h5-10,20H,12-13H2,1-4H3,(H,26,27);5-6H,1-4H3,(H,15,16)(H,17,18);1-4,10,12H,6-7H2;1H. The molecule has 1 amide bonds. The summed E-state index contributed by atoms with van der Waals surface area (Å²) in [6, 6.07) is 27.4. The zero-order valence-electron chi connectivity index (χ0n) is 35.3. The molecule has 0 radical (unpaired) electrons. The number of carbonyl (C=O) groups excluding carboxylic acids is 1. The van der Waals surface area contributed by atoms with Gasteiger partial charge in [-0.15, -0.1) is 12.4 Å². The number of aryl methyl sites for hydroxylation is 6. The van der Waals surface area contributed by atoms with E-state index in [4.69, 9.17) is 10.5 Å². The minimum atomic E-state index is -0.904. The van der Waals surface area contributed by atoms with Crippen molar-refractivity contribution in [3.63, 3.8) is 0 Å². The first-order valence-corrected chi connectivity index (χ1v) is 19.7. The third-order valence-electron chi connectivity index (χ3n) is 11.6. The fraction of sp³-hybridized carbons (Fsp3) is 0.292. The molecule has 308 valence electrons. The number of H-pyrrole nitrogens is 2. The largest absolute Gasteiger partial charge is 0.478 e. The van der Waals surface area contributed by atoms with Crippen LogP contribution in [0.2, 0.25) is 0 Å². The maximum atomic E-state index is 13.2. The topological polar surface area (TPSA) is 175 Å². The monoisotopic (exact) mass is 822 g/mol. The minimum Gasteiger partial charge on any atom is -0.478 e. The van der Waals surface area contributed by atoms with E-state index in [-0.39, 0.29) is 18.3 Å². The van der Waals surface area contributed by atoms with Gasteiger partial charge in [0.2, 0.25) is 0 Å². The number of hydrogen-bond acceptors (Lipinski definition) is 7. The van der Waals surface area contributed by atoms with Crippen LogP contribution in [0.4, 0.5) is 0 Å². The lowest BCUT2D eigenvalue weighted by Crippen LogP contribution is -2.48. The molecule has 60 heavy (non-hydrogen) atoms. The number of aromatic nitrogens is 4. The van der Waals surface area contributed by atoms with Gasteiger partial charge in [-0.2, -0.15) is 20.7 Å². The van der Waals surface area contributed by atoms with Gasteiger partial charge >= 0.3 is 5.97 Å². The van der Waals surface area contributed by atoms with Crippen LogP contribution in [-0.2, 0) is 0 Å². The summed E-state index contributed by atoms with van der Waals surface area (Å²) in [4.78, 5) is 26.2. The molecule has 0 unspecified atom stereocenters. The molecule has 2 saturated heterocycles. The molecule has 0 bridgehead atoms. The fourth-order valence-corrected chi connectivity index (χ4v) is 7.38. The Morgan fingerprint density at radius 2 is 1.05 bits per heavy atom. The summed E-state index contributed by atoms with van der Waals surface area (Å²) in [5, 5.41) is 44.6. The highest BCUT2D eigenvalue weighted by Crippen LogP contribution is 2.33. The van der Waals surface area contributed by atoms with Gasteiger partial charge in [-0.05, 0) is 136 Å². The summed E-state index contributed by atoms with van der Waals surface area (Å²) in [7, 11) is 0. The van der Waals surface area contributed by atoms with E-state index in [1.54, 1.807) is 6.07 Å². The minimum absolute atomic E-state index is 0. The van der Waals surface area contributed by atoms with Crippen molar-refractivity contribution in [2.75, 3.05) is 26.2 Å². The van der Waals surface area contributed by atoms with Crippen molar-refractivity contribution in [1.82, 2.24) is 30.6 Å². The van der Waals surface area contributed by atoms with E-state index in [0.29, 0.717) is 36.1 Å². The van der Waals surface area contributed by atoms with Gasteiger partial charge in [0.05, 0.1) is 40.2 Å². The Balaban J connectivity index is 0.000000187. The molecule has 11 nitrogen and oxygen atoms in total. The maximum Gasteiger partial charge on any atom is 0.335 e. The number of rotatable bonds is 6. The van der Waals surface area contributed by atoms with Gasteiger partial charge in [0, 0.05) is 66.1 Å². The van der Waals surface area contributed by atoms with Crippen LogP contribution in [0.15, 0.2) is 72.8 Å². The third-order valence-corrected chi connectivity index (χ3v) is 11.6. The van der Waals surface area contributed by atoms with Crippen LogP contribution in [0.25, 0.3) is 22.5 Å².